The number of nitrogens with one attached hydrogen (secondary N) is 1. The molecule has 0 spiro atoms. The van der Waals surface area contributed by atoms with Crippen molar-refractivity contribution in [2.24, 2.45) is 0 Å². The lowest BCUT2D eigenvalue weighted by molar-refractivity contribution is 0.104. The Kier molecular flexibility index (Phi) is 4.48. The summed E-state index contributed by atoms with van der Waals surface area (Å²) in [5, 5.41) is 3.38. The first-order valence-corrected chi connectivity index (χ1v) is 6.85. The van der Waals surface area contributed by atoms with Crippen molar-refractivity contribution >= 4 is 5.69 Å². The van der Waals surface area contributed by atoms with Crippen molar-refractivity contribution in [3.63, 3.8) is 0 Å². The van der Waals surface area contributed by atoms with Crippen LogP contribution in [-0.4, -0.2) is 37.2 Å². The number of benzene rings is 1. The molecule has 0 amide bonds. The molecule has 1 aliphatic heterocycles. The number of hydrogen-bond acceptors (Lipinski definition) is 3. The minimum atomic E-state index is 0.340. The van der Waals surface area contributed by atoms with Crippen LogP contribution in [0.2, 0.25) is 0 Å². The highest BCUT2D eigenvalue weighted by atomic mass is 16.5. The van der Waals surface area contributed by atoms with Crippen molar-refractivity contribution in [2.75, 3.05) is 25.5 Å². The van der Waals surface area contributed by atoms with E-state index in [4.69, 9.17) is 4.74 Å². The molecule has 1 heterocycles. The van der Waals surface area contributed by atoms with Crippen molar-refractivity contribution in [1.82, 2.24) is 4.90 Å². The molecule has 1 fully saturated rings. The van der Waals surface area contributed by atoms with Crippen molar-refractivity contribution in [1.29, 1.82) is 0 Å². The maximum Gasteiger partial charge on any atom is 0.119 e. The minimum Gasteiger partial charge on any atom is -0.489 e. The quantitative estimate of drug-likeness (QED) is 0.886. The van der Waals surface area contributed by atoms with Gasteiger partial charge in [0.2, 0.25) is 0 Å². The second-order valence-electron chi connectivity index (χ2n) is 5.47. The number of anilines is 1. The van der Waals surface area contributed by atoms with Crippen LogP contribution in [0.15, 0.2) is 24.3 Å². The second-order valence-corrected chi connectivity index (χ2v) is 5.47. The Bertz CT molecular complexity index is 361. The number of hydrogen-bond donors (Lipinski definition) is 1. The average molecular weight is 248 g/mol. The minimum absolute atomic E-state index is 0.340. The molecular formula is C15H24N2O. The Hall–Kier alpha value is -1.22. The predicted molar refractivity (Wildman–Crippen MR) is 76.3 cm³/mol. The fourth-order valence-corrected chi connectivity index (χ4v) is 2.37. The number of likely N-dealkylation sites (tertiary alicyclic amines) is 1. The molecule has 0 bridgehead atoms. The van der Waals surface area contributed by atoms with Crippen LogP contribution in [0, 0.1) is 0 Å². The zero-order valence-electron chi connectivity index (χ0n) is 11.6. The topological polar surface area (TPSA) is 24.5 Å². The van der Waals surface area contributed by atoms with Gasteiger partial charge in [0.25, 0.3) is 0 Å². The largest absolute Gasteiger partial charge is 0.489 e. The van der Waals surface area contributed by atoms with E-state index in [1.54, 1.807) is 0 Å². The first-order chi connectivity index (χ1) is 8.63. The SMILES string of the molecule is CC(C)Nc1ccc(OC2CCCN(C)C2)cc1. The standard InChI is InChI=1S/C15H24N2O/c1-12(2)16-13-6-8-14(9-7-13)18-15-5-4-10-17(3)11-15/h6-9,12,15-16H,4-5,10-11H2,1-3H3. The van der Waals surface area contributed by atoms with Crippen molar-refractivity contribution in [3.05, 3.63) is 24.3 Å². The zero-order valence-corrected chi connectivity index (χ0v) is 11.6. The first-order valence-electron chi connectivity index (χ1n) is 6.85. The van der Waals surface area contributed by atoms with Gasteiger partial charge in [-0.2, -0.15) is 0 Å². The molecule has 1 unspecified atom stereocenters. The molecule has 3 heteroatoms. The molecular weight excluding hydrogens is 224 g/mol. The lowest BCUT2D eigenvalue weighted by atomic mass is 10.1. The maximum absolute atomic E-state index is 6.02. The second kappa shape index (κ2) is 6.10. The molecule has 18 heavy (non-hydrogen) atoms. The number of rotatable bonds is 4. The van der Waals surface area contributed by atoms with Crippen LogP contribution >= 0.6 is 0 Å². The maximum atomic E-state index is 6.02. The van der Waals surface area contributed by atoms with Gasteiger partial charge in [0.15, 0.2) is 0 Å². The lowest BCUT2D eigenvalue weighted by Gasteiger charge is -2.30. The smallest absolute Gasteiger partial charge is 0.119 e. The van der Waals surface area contributed by atoms with E-state index < -0.39 is 0 Å². The Morgan fingerprint density at radius 1 is 1.28 bits per heavy atom. The van der Waals surface area contributed by atoms with Gasteiger partial charge < -0.3 is 15.0 Å². The molecule has 1 atom stereocenters. The third kappa shape index (κ3) is 3.91. The summed E-state index contributed by atoms with van der Waals surface area (Å²) in [6.07, 6.45) is 2.73. The van der Waals surface area contributed by atoms with E-state index in [9.17, 15) is 0 Å². The number of piperidine rings is 1. The summed E-state index contributed by atoms with van der Waals surface area (Å²) in [4.78, 5) is 2.34. The molecule has 1 N–H and O–H groups in total. The lowest BCUT2D eigenvalue weighted by Crippen LogP contribution is -2.38. The molecule has 2 rings (SSSR count). The predicted octanol–water partition coefficient (Wildman–Crippen LogP) is 2.98. The van der Waals surface area contributed by atoms with Crippen molar-refractivity contribution in [2.45, 2.75) is 38.8 Å². The van der Waals surface area contributed by atoms with E-state index in [1.165, 1.54) is 13.0 Å². The van der Waals surface area contributed by atoms with Gasteiger partial charge in [0.1, 0.15) is 11.9 Å². The highest BCUT2D eigenvalue weighted by Gasteiger charge is 2.18. The van der Waals surface area contributed by atoms with E-state index in [-0.39, 0.29) is 0 Å². The summed E-state index contributed by atoms with van der Waals surface area (Å²) >= 11 is 0. The molecule has 0 saturated carbocycles. The van der Waals surface area contributed by atoms with Crippen LogP contribution in [0.5, 0.6) is 5.75 Å². The van der Waals surface area contributed by atoms with E-state index in [1.807, 2.05) is 0 Å². The molecule has 100 valence electrons. The Labute approximate surface area is 110 Å². The molecule has 1 saturated heterocycles. The number of ether oxygens (including phenoxy) is 1. The van der Waals surface area contributed by atoms with Gasteiger partial charge in [-0.05, 0) is 64.5 Å². The van der Waals surface area contributed by atoms with Gasteiger partial charge in [-0.1, -0.05) is 0 Å². The molecule has 1 aromatic rings. The monoisotopic (exact) mass is 248 g/mol. The van der Waals surface area contributed by atoms with E-state index in [0.717, 1.165) is 24.4 Å². The molecule has 0 radical (unpaired) electrons. The summed E-state index contributed by atoms with van der Waals surface area (Å²) < 4.78 is 6.02. The normalized spacial score (nSPS) is 21.0. The molecule has 3 nitrogen and oxygen atoms in total. The van der Waals surface area contributed by atoms with Crippen LogP contribution in [-0.2, 0) is 0 Å². The van der Waals surface area contributed by atoms with E-state index in [2.05, 4.69) is 55.4 Å². The van der Waals surface area contributed by atoms with Gasteiger partial charge in [0, 0.05) is 18.3 Å². The third-order valence-corrected chi connectivity index (χ3v) is 3.19. The molecule has 0 aromatic heterocycles. The van der Waals surface area contributed by atoms with E-state index >= 15 is 0 Å². The summed E-state index contributed by atoms with van der Waals surface area (Å²) in [5.74, 6) is 0.976. The fraction of sp³-hybridized carbons (Fsp3) is 0.600. The molecule has 0 aliphatic carbocycles. The molecule has 1 aliphatic rings. The third-order valence-electron chi connectivity index (χ3n) is 3.19. The number of likely N-dealkylation sites (N-methyl/N-ethyl adjacent to an activating group) is 1. The Balaban J connectivity index is 1.89. The van der Waals surface area contributed by atoms with Crippen LogP contribution in [0.3, 0.4) is 0 Å². The highest BCUT2D eigenvalue weighted by Crippen LogP contribution is 2.20. The van der Waals surface area contributed by atoms with Gasteiger partial charge >= 0.3 is 0 Å². The van der Waals surface area contributed by atoms with Crippen molar-refractivity contribution < 1.29 is 4.74 Å². The summed E-state index contributed by atoms with van der Waals surface area (Å²) in [5.41, 5.74) is 1.15. The van der Waals surface area contributed by atoms with Crippen LogP contribution < -0.4 is 10.1 Å². The molecule has 1 aromatic carbocycles. The van der Waals surface area contributed by atoms with Crippen molar-refractivity contribution in [3.8, 4) is 5.75 Å². The number of nitrogens with zero attached hydrogens (tertiary/aromatic N) is 1. The van der Waals surface area contributed by atoms with Gasteiger partial charge in [-0.25, -0.2) is 0 Å². The van der Waals surface area contributed by atoms with Crippen LogP contribution in [0.4, 0.5) is 5.69 Å². The average Bonchev–Trinajstić information content (AvgIpc) is 2.31. The summed E-state index contributed by atoms with van der Waals surface area (Å²) in [6, 6.07) is 8.74. The van der Waals surface area contributed by atoms with Crippen LogP contribution in [0.1, 0.15) is 26.7 Å². The first kappa shape index (κ1) is 13.2. The zero-order chi connectivity index (χ0) is 13.0. The van der Waals surface area contributed by atoms with E-state index in [0.29, 0.717) is 12.1 Å². The summed E-state index contributed by atoms with van der Waals surface area (Å²) in [7, 11) is 2.16. The highest BCUT2D eigenvalue weighted by molar-refractivity contribution is 5.46. The van der Waals surface area contributed by atoms with Gasteiger partial charge in [-0.3, -0.25) is 0 Å². The summed E-state index contributed by atoms with van der Waals surface area (Å²) in [6.45, 7) is 6.51. The Morgan fingerprint density at radius 3 is 2.61 bits per heavy atom. The van der Waals surface area contributed by atoms with Gasteiger partial charge in [0.05, 0.1) is 0 Å². The Morgan fingerprint density at radius 2 is 2.00 bits per heavy atom. The van der Waals surface area contributed by atoms with Gasteiger partial charge in [-0.15, -0.1) is 0 Å². The van der Waals surface area contributed by atoms with Crippen LogP contribution in [0.25, 0.3) is 0 Å². The fourth-order valence-electron chi connectivity index (χ4n) is 2.37.